The molecule has 2 bridgehead atoms. The zero-order valence-electron chi connectivity index (χ0n) is 10.9. The van der Waals surface area contributed by atoms with Crippen molar-refractivity contribution in [3.8, 4) is 0 Å². The van der Waals surface area contributed by atoms with Gasteiger partial charge in [0.25, 0.3) is 0 Å². The first-order valence-electron chi connectivity index (χ1n) is 6.96. The third-order valence-electron chi connectivity index (χ3n) is 4.34. The van der Waals surface area contributed by atoms with E-state index in [4.69, 9.17) is 5.11 Å². The molecule has 4 rings (SSSR count). The standard InChI is InChI=1S/C14H20N2O2S/c17-14(18)8-11(13-2-1-7-19-13)15-12-9-16-5-3-10(12)4-6-16/h1-2,7,10-12,15H,3-6,8-9H2,(H,17,18). The first kappa shape index (κ1) is 13.1. The average Bonchev–Trinajstić information content (AvgIpc) is 2.93. The molecule has 3 fully saturated rings. The monoisotopic (exact) mass is 280 g/mol. The number of hydrogen-bond acceptors (Lipinski definition) is 4. The van der Waals surface area contributed by atoms with Gasteiger partial charge in [0.2, 0.25) is 0 Å². The summed E-state index contributed by atoms with van der Waals surface area (Å²) in [7, 11) is 0. The van der Waals surface area contributed by atoms with Crippen LogP contribution in [0.15, 0.2) is 17.5 Å². The van der Waals surface area contributed by atoms with Crippen molar-refractivity contribution in [1.82, 2.24) is 10.2 Å². The highest BCUT2D eigenvalue weighted by molar-refractivity contribution is 7.10. The second kappa shape index (κ2) is 5.61. The second-order valence-corrected chi connectivity index (χ2v) is 6.56. The van der Waals surface area contributed by atoms with E-state index in [1.165, 1.54) is 25.9 Å². The van der Waals surface area contributed by atoms with Gasteiger partial charge in [-0.2, -0.15) is 0 Å². The number of carbonyl (C=O) groups is 1. The number of hydrogen-bond donors (Lipinski definition) is 2. The summed E-state index contributed by atoms with van der Waals surface area (Å²) >= 11 is 1.64. The normalized spacial score (nSPS) is 31.3. The van der Waals surface area contributed by atoms with Crippen LogP contribution in [-0.4, -0.2) is 41.7 Å². The Hall–Kier alpha value is -0.910. The summed E-state index contributed by atoms with van der Waals surface area (Å²) in [5, 5.41) is 14.7. The molecule has 3 aliphatic heterocycles. The van der Waals surface area contributed by atoms with Crippen molar-refractivity contribution in [2.45, 2.75) is 31.3 Å². The SMILES string of the molecule is O=C(O)CC(NC1CN2CCC1CC2)c1cccs1. The Kier molecular flexibility index (Phi) is 3.86. The van der Waals surface area contributed by atoms with Crippen LogP contribution in [0.5, 0.6) is 0 Å². The van der Waals surface area contributed by atoms with E-state index in [9.17, 15) is 4.79 Å². The van der Waals surface area contributed by atoms with Crippen molar-refractivity contribution < 1.29 is 9.90 Å². The third kappa shape index (κ3) is 2.99. The van der Waals surface area contributed by atoms with Crippen molar-refractivity contribution in [2.24, 2.45) is 5.92 Å². The Morgan fingerprint density at radius 3 is 2.84 bits per heavy atom. The number of nitrogens with one attached hydrogen (secondary N) is 1. The second-order valence-electron chi connectivity index (χ2n) is 5.58. The predicted molar refractivity (Wildman–Crippen MR) is 75.4 cm³/mol. The van der Waals surface area contributed by atoms with Crippen LogP contribution in [0.2, 0.25) is 0 Å². The van der Waals surface area contributed by atoms with Gasteiger partial charge in [-0.05, 0) is 43.3 Å². The maximum atomic E-state index is 11.1. The Labute approximate surface area is 117 Å². The van der Waals surface area contributed by atoms with Gasteiger partial charge in [-0.3, -0.25) is 4.79 Å². The molecular formula is C14H20N2O2S. The van der Waals surface area contributed by atoms with Gasteiger partial charge in [-0.25, -0.2) is 0 Å². The zero-order chi connectivity index (χ0) is 13.2. The molecule has 0 amide bonds. The molecule has 4 nitrogen and oxygen atoms in total. The van der Waals surface area contributed by atoms with Crippen molar-refractivity contribution >= 4 is 17.3 Å². The Morgan fingerprint density at radius 1 is 1.53 bits per heavy atom. The fraction of sp³-hybridized carbons (Fsp3) is 0.643. The van der Waals surface area contributed by atoms with Gasteiger partial charge < -0.3 is 15.3 Å². The van der Waals surface area contributed by atoms with Gasteiger partial charge >= 0.3 is 5.97 Å². The number of thiophene rings is 1. The summed E-state index contributed by atoms with van der Waals surface area (Å²) in [5.74, 6) is -0.00608. The maximum Gasteiger partial charge on any atom is 0.305 e. The molecule has 0 saturated carbocycles. The van der Waals surface area contributed by atoms with Crippen molar-refractivity contribution in [1.29, 1.82) is 0 Å². The van der Waals surface area contributed by atoms with E-state index in [1.54, 1.807) is 11.3 Å². The highest BCUT2D eigenvalue weighted by atomic mass is 32.1. The Balaban J connectivity index is 1.69. The molecule has 0 spiro atoms. The minimum atomic E-state index is -0.729. The van der Waals surface area contributed by atoms with E-state index >= 15 is 0 Å². The minimum absolute atomic E-state index is 0.0388. The number of aliphatic carboxylic acids is 1. The van der Waals surface area contributed by atoms with Crippen LogP contribution in [0.1, 0.15) is 30.2 Å². The van der Waals surface area contributed by atoms with Crippen LogP contribution >= 0.6 is 11.3 Å². The van der Waals surface area contributed by atoms with Crippen molar-refractivity contribution in [3.05, 3.63) is 22.4 Å². The summed E-state index contributed by atoms with van der Waals surface area (Å²) in [6.07, 6.45) is 2.67. The molecule has 2 N–H and O–H groups in total. The summed E-state index contributed by atoms with van der Waals surface area (Å²) < 4.78 is 0. The number of piperidine rings is 3. The lowest BCUT2D eigenvalue weighted by molar-refractivity contribution is -0.137. The zero-order valence-corrected chi connectivity index (χ0v) is 11.7. The number of nitrogens with zero attached hydrogens (tertiary/aromatic N) is 1. The van der Waals surface area contributed by atoms with Crippen LogP contribution in [-0.2, 0) is 4.79 Å². The molecule has 1 aromatic heterocycles. The van der Waals surface area contributed by atoms with E-state index in [1.807, 2.05) is 17.5 Å². The molecular weight excluding hydrogens is 260 g/mol. The molecule has 1 aromatic rings. The topological polar surface area (TPSA) is 52.6 Å². The molecule has 0 radical (unpaired) electrons. The highest BCUT2D eigenvalue weighted by Gasteiger charge is 2.35. The fourth-order valence-corrected chi connectivity index (χ4v) is 4.11. The first-order chi connectivity index (χ1) is 9.22. The predicted octanol–water partition coefficient (Wildman–Crippen LogP) is 1.95. The van der Waals surface area contributed by atoms with E-state index in [-0.39, 0.29) is 12.5 Å². The summed E-state index contributed by atoms with van der Waals surface area (Å²) in [6.45, 7) is 3.50. The molecule has 2 atom stereocenters. The Bertz CT molecular complexity index is 427. The summed E-state index contributed by atoms with van der Waals surface area (Å²) in [4.78, 5) is 14.7. The molecule has 104 valence electrons. The molecule has 4 heterocycles. The van der Waals surface area contributed by atoms with Gasteiger partial charge in [0, 0.05) is 17.5 Å². The van der Waals surface area contributed by atoms with Crippen LogP contribution in [0.4, 0.5) is 0 Å². The van der Waals surface area contributed by atoms with Gasteiger partial charge in [0.05, 0.1) is 12.5 Å². The van der Waals surface area contributed by atoms with Gasteiger partial charge in [0.15, 0.2) is 0 Å². The largest absolute Gasteiger partial charge is 0.481 e. The lowest BCUT2D eigenvalue weighted by atomic mass is 9.83. The summed E-state index contributed by atoms with van der Waals surface area (Å²) in [5.41, 5.74) is 0. The average molecular weight is 280 g/mol. The number of fused-ring (bicyclic) bond motifs is 3. The number of carboxylic acid groups (broad SMARTS) is 1. The Morgan fingerprint density at radius 2 is 2.32 bits per heavy atom. The molecule has 2 unspecified atom stereocenters. The fourth-order valence-electron chi connectivity index (χ4n) is 3.32. The van der Waals surface area contributed by atoms with Crippen molar-refractivity contribution in [3.63, 3.8) is 0 Å². The molecule has 0 aromatic carbocycles. The molecule has 3 saturated heterocycles. The lowest BCUT2D eigenvalue weighted by Crippen LogP contribution is -2.56. The quantitative estimate of drug-likeness (QED) is 0.865. The van der Waals surface area contributed by atoms with E-state index in [0.717, 1.165) is 17.3 Å². The summed E-state index contributed by atoms with van der Waals surface area (Å²) in [6, 6.07) is 4.44. The van der Waals surface area contributed by atoms with Crippen LogP contribution in [0.25, 0.3) is 0 Å². The van der Waals surface area contributed by atoms with Crippen molar-refractivity contribution in [2.75, 3.05) is 19.6 Å². The minimum Gasteiger partial charge on any atom is -0.481 e. The highest BCUT2D eigenvalue weighted by Crippen LogP contribution is 2.31. The van der Waals surface area contributed by atoms with Crippen LogP contribution in [0, 0.1) is 5.92 Å². The van der Waals surface area contributed by atoms with E-state index in [2.05, 4.69) is 10.2 Å². The van der Waals surface area contributed by atoms with Gasteiger partial charge in [0.1, 0.15) is 0 Å². The lowest BCUT2D eigenvalue weighted by Gasteiger charge is -2.46. The van der Waals surface area contributed by atoms with Crippen LogP contribution < -0.4 is 5.32 Å². The van der Waals surface area contributed by atoms with Crippen LogP contribution in [0.3, 0.4) is 0 Å². The number of rotatable bonds is 5. The van der Waals surface area contributed by atoms with Gasteiger partial charge in [-0.15, -0.1) is 11.3 Å². The van der Waals surface area contributed by atoms with E-state index < -0.39 is 5.97 Å². The molecule has 3 aliphatic rings. The third-order valence-corrected chi connectivity index (χ3v) is 5.32. The number of carboxylic acids is 1. The molecule has 5 heteroatoms. The van der Waals surface area contributed by atoms with Gasteiger partial charge in [-0.1, -0.05) is 6.07 Å². The molecule has 19 heavy (non-hydrogen) atoms. The maximum absolute atomic E-state index is 11.1. The van der Waals surface area contributed by atoms with E-state index in [0.29, 0.717) is 6.04 Å². The first-order valence-corrected chi connectivity index (χ1v) is 7.84. The smallest absolute Gasteiger partial charge is 0.305 e. The molecule has 0 aliphatic carbocycles.